The summed E-state index contributed by atoms with van der Waals surface area (Å²) in [6, 6.07) is 1.75. The third kappa shape index (κ3) is 3.66. The topological polar surface area (TPSA) is 66.4 Å². The van der Waals surface area contributed by atoms with Crippen molar-refractivity contribution in [1.29, 1.82) is 0 Å². The summed E-state index contributed by atoms with van der Waals surface area (Å²) in [5.41, 5.74) is 0.814. The predicted octanol–water partition coefficient (Wildman–Crippen LogP) is 3.55. The van der Waals surface area contributed by atoms with Gasteiger partial charge in [0.2, 0.25) is 5.91 Å². The zero-order chi connectivity index (χ0) is 13.2. The third-order valence-electron chi connectivity index (χ3n) is 1.97. The van der Waals surface area contributed by atoms with E-state index < -0.39 is 5.97 Å². The van der Waals surface area contributed by atoms with Crippen LogP contribution in [-0.4, -0.2) is 17.0 Å². The number of halogens is 3. The second kappa shape index (κ2) is 6.50. The molecule has 0 atom stereocenters. The lowest BCUT2D eigenvalue weighted by Gasteiger charge is -2.12. The van der Waals surface area contributed by atoms with Crippen LogP contribution in [0.2, 0.25) is 0 Å². The Morgan fingerprint density at radius 3 is 2.35 bits per heavy atom. The maximum atomic E-state index is 11.4. The smallest absolute Gasteiger partial charge is 0.337 e. The van der Waals surface area contributed by atoms with Crippen LogP contribution < -0.4 is 5.32 Å². The van der Waals surface area contributed by atoms with E-state index in [4.69, 9.17) is 5.11 Å². The van der Waals surface area contributed by atoms with E-state index in [9.17, 15) is 9.59 Å². The van der Waals surface area contributed by atoms with Crippen LogP contribution in [-0.2, 0) is 4.79 Å². The summed E-state index contributed by atoms with van der Waals surface area (Å²) in [4.78, 5) is 22.5. The lowest BCUT2D eigenvalue weighted by molar-refractivity contribution is -0.115. The van der Waals surface area contributed by atoms with Crippen molar-refractivity contribution in [3.63, 3.8) is 0 Å². The van der Waals surface area contributed by atoms with E-state index in [1.165, 1.54) is 0 Å². The Balaban J connectivity index is 3.35. The molecule has 0 fully saturated rings. The van der Waals surface area contributed by atoms with Crippen LogP contribution in [0.4, 0.5) is 5.69 Å². The fourth-order valence-corrected chi connectivity index (χ4v) is 5.23. The number of hydrogen-bond donors (Lipinski definition) is 2. The predicted molar refractivity (Wildman–Crippen MR) is 90.5 cm³/mol. The van der Waals surface area contributed by atoms with Gasteiger partial charge in [-0.25, -0.2) is 4.79 Å². The number of hydrogen-bond acceptors (Lipinski definition) is 2. The first-order chi connectivity index (χ1) is 7.88. The van der Waals surface area contributed by atoms with Crippen LogP contribution in [0.15, 0.2) is 6.07 Å². The molecule has 0 spiro atoms. The van der Waals surface area contributed by atoms with Gasteiger partial charge in [0, 0.05) is 13.6 Å². The molecule has 0 bridgehead atoms. The average molecular weight is 571 g/mol. The van der Waals surface area contributed by atoms with Crippen LogP contribution in [0.25, 0.3) is 0 Å². The molecule has 92 valence electrons. The molecule has 0 saturated carbocycles. The Kier molecular flexibility index (Phi) is 5.89. The Labute approximate surface area is 139 Å². The van der Waals surface area contributed by atoms with E-state index in [0.717, 1.165) is 3.57 Å². The number of rotatable bonds is 3. The van der Waals surface area contributed by atoms with Gasteiger partial charge in [-0.3, -0.25) is 4.79 Å². The highest BCUT2D eigenvalue weighted by Crippen LogP contribution is 2.31. The number of amides is 1. The Bertz CT molecular complexity index is 488. The summed E-state index contributed by atoms with van der Waals surface area (Å²) in [5, 5.41) is 11.9. The second-order valence-electron chi connectivity index (χ2n) is 3.11. The molecule has 0 saturated heterocycles. The molecule has 0 aliphatic rings. The van der Waals surface area contributed by atoms with Gasteiger partial charge in [-0.05, 0) is 73.8 Å². The van der Waals surface area contributed by atoms with Gasteiger partial charge in [-0.1, -0.05) is 6.92 Å². The van der Waals surface area contributed by atoms with Gasteiger partial charge >= 0.3 is 5.97 Å². The number of aromatic carboxylic acids is 1. The fourth-order valence-electron chi connectivity index (χ4n) is 1.13. The van der Waals surface area contributed by atoms with E-state index in [2.05, 4.69) is 27.9 Å². The van der Waals surface area contributed by atoms with Crippen molar-refractivity contribution in [1.82, 2.24) is 0 Å². The Hall–Kier alpha value is 0.350. The van der Waals surface area contributed by atoms with Gasteiger partial charge in [0.25, 0.3) is 0 Å². The van der Waals surface area contributed by atoms with Gasteiger partial charge in [0.15, 0.2) is 0 Å². The molecule has 0 aromatic heterocycles. The first kappa shape index (κ1) is 15.4. The minimum atomic E-state index is -0.984. The van der Waals surface area contributed by atoms with Crippen molar-refractivity contribution >= 4 is 85.3 Å². The van der Waals surface area contributed by atoms with Crippen LogP contribution in [0.3, 0.4) is 0 Å². The monoisotopic (exact) mass is 571 g/mol. The number of carbonyl (C=O) groups is 2. The largest absolute Gasteiger partial charge is 0.478 e. The molecule has 1 aromatic carbocycles. The summed E-state index contributed by atoms with van der Waals surface area (Å²) in [5.74, 6) is -1.11. The van der Waals surface area contributed by atoms with Gasteiger partial charge in [0.05, 0.1) is 14.8 Å². The number of carbonyl (C=O) groups excluding carboxylic acids is 1. The number of carboxylic acids is 1. The molecule has 17 heavy (non-hydrogen) atoms. The van der Waals surface area contributed by atoms with E-state index in [1.54, 1.807) is 13.0 Å². The van der Waals surface area contributed by atoms with E-state index in [1.807, 2.05) is 45.2 Å². The summed E-state index contributed by atoms with van der Waals surface area (Å²) in [7, 11) is 0. The molecular weight excluding hydrogens is 563 g/mol. The highest BCUT2D eigenvalue weighted by molar-refractivity contribution is 14.1. The Morgan fingerprint density at radius 2 is 1.88 bits per heavy atom. The lowest BCUT2D eigenvalue weighted by atomic mass is 10.2. The summed E-state index contributed by atoms with van der Waals surface area (Å²) in [6.07, 6.45) is 0.362. The normalized spacial score (nSPS) is 10.1. The summed E-state index contributed by atoms with van der Waals surface area (Å²) in [6.45, 7) is 1.75. The minimum absolute atomic E-state index is 0.127. The number of benzene rings is 1. The highest BCUT2D eigenvalue weighted by atomic mass is 127. The molecule has 1 amide bonds. The van der Waals surface area contributed by atoms with Crippen molar-refractivity contribution in [2.24, 2.45) is 0 Å². The quantitative estimate of drug-likeness (QED) is 0.547. The van der Waals surface area contributed by atoms with Gasteiger partial charge < -0.3 is 10.4 Å². The van der Waals surface area contributed by atoms with E-state index >= 15 is 0 Å². The zero-order valence-electron chi connectivity index (χ0n) is 8.68. The maximum absolute atomic E-state index is 11.4. The van der Waals surface area contributed by atoms with Crippen molar-refractivity contribution in [2.75, 3.05) is 5.32 Å². The van der Waals surface area contributed by atoms with Gasteiger partial charge in [-0.15, -0.1) is 0 Å². The summed E-state index contributed by atoms with van der Waals surface area (Å²) >= 11 is 6.02. The number of nitrogens with one attached hydrogen (secondary N) is 1. The molecule has 1 rings (SSSR count). The first-order valence-electron chi connectivity index (χ1n) is 4.59. The second-order valence-corrected chi connectivity index (χ2v) is 6.51. The summed E-state index contributed by atoms with van der Waals surface area (Å²) < 4.78 is 2.06. The molecular formula is C10H8I3NO3. The van der Waals surface area contributed by atoms with Crippen molar-refractivity contribution in [3.8, 4) is 0 Å². The van der Waals surface area contributed by atoms with Gasteiger partial charge in [0.1, 0.15) is 0 Å². The highest BCUT2D eigenvalue weighted by Gasteiger charge is 2.19. The Morgan fingerprint density at radius 1 is 1.29 bits per heavy atom. The molecule has 0 heterocycles. The van der Waals surface area contributed by atoms with Gasteiger partial charge in [-0.2, -0.15) is 0 Å². The average Bonchev–Trinajstić information content (AvgIpc) is 2.22. The van der Waals surface area contributed by atoms with Crippen LogP contribution in [0, 0.1) is 10.7 Å². The lowest BCUT2D eigenvalue weighted by Crippen LogP contribution is -2.15. The van der Waals surface area contributed by atoms with E-state index in [-0.39, 0.29) is 11.5 Å². The molecule has 1 aromatic rings. The molecule has 0 unspecified atom stereocenters. The third-order valence-corrected chi connectivity index (χ3v) is 4.75. The zero-order valence-corrected chi connectivity index (χ0v) is 15.2. The van der Waals surface area contributed by atoms with Crippen LogP contribution in [0.1, 0.15) is 23.7 Å². The van der Waals surface area contributed by atoms with Crippen molar-refractivity contribution < 1.29 is 14.7 Å². The molecule has 2 N–H and O–H groups in total. The van der Waals surface area contributed by atoms with Crippen molar-refractivity contribution in [3.05, 3.63) is 22.3 Å². The van der Waals surface area contributed by atoms with Crippen molar-refractivity contribution in [2.45, 2.75) is 13.3 Å². The SMILES string of the molecule is CCC(=O)Nc1c(I)cc(I)c(C(=O)O)c1I. The molecule has 0 aliphatic heterocycles. The molecule has 0 radical (unpaired) electrons. The minimum Gasteiger partial charge on any atom is -0.478 e. The number of anilines is 1. The standard InChI is InChI=1S/C10H8I3NO3/c1-2-6(15)14-9-5(12)3-4(11)7(8(9)13)10(16)17/h3H,2H2,1H3,(H,14,15)(H,16,17). The number of carboxylic acid groups (broad SMARTS) is 1. The van der Waals surface area contributed by atoms with Crippen LogP contribution in [0.5, 0.6) is 0 Å². The molecule has 0 aliphatic carbocycles. The van der Waals surface area contributed by atoms with E-state index in [0.29, 0.717) is 19.2 Å². The molecule has 7 heteroatoms. The van der Waals surface area contributed by atoms with Crippen LogP contribution >= 0.6 is 67.8 Å². The maximum Gasteiger partial charge on any atom is 0.337 e. The first-order valence-corrected chi connectivity index (χ1v) is 7.82. The fraction of sp³-hybridized carbons (Fsp3) is 0.200. The molecule has 4 nitrogen and oxygen atoms in total.